The highest BCUT2D eigenvalue weighted by Crippen LogP contribution is 2.07. The molecule has 5 heteroatoms. The summed E-state index contributed by atoms with van der Waals surface area (Å²) in [7, 11) is 0. The van der Waals surface area contributed by atoms with Gasteiger partial charge in [0.2, 0.25) is 5.91 Å². The topological polar surface area (TPSA) is 41.1 Å². The molecule has 0 bridgehead atoms. The molecule has 0 saturated heterocycles. The predicted octanol–water partition coefficient (Wildman–Crippen LogP) is 2.29. The smallest absolute Gasteiger partial charge is 0.228 e. The summed E-state index contributed by atoms with van der Waals surface area (Å²) in [6.45, 7) is 3.55. The third kappa shape index (κ3) is 3.94. The Morgan fingerprint density at radius 3 is 2.38 bits per heavy atom. The molecule has 0 aromatic heterocycles. The molecule has 1 aromatic rings. The zero-order valence-corrected chi connectivity index (χ0v) is 9.90. The molecule has 0 saturated carbocycles. The van der Waals surface area contributed by atoms with E-state index in [9.17, 15) is 9.18 Å². The van der Waals surface area contributed by atoms with Gasteiger partial charge in [-0.3, -0.25) is 4.79 Å². The van der Waals surface area contributed by atoms with Crippen LogP contribution in [-0.2, 0) is 4.79 Å². The van der Waals surface area contributed by atoms with E-state index >= 15 is 0 Å². The first-order valence-corrected chi connectivity index (χ1v) is 5.27. The quantitative estimate of drug-likeness (QED) is 0.779. The van der Waals surface area contributed by atoms with E-state index in [4.69, 9.17) is 12.2 Å². The highest BCUT2D eigenvalue weighted by atomic mass is 32.1. The van der Waals surface area contributed by atoms with Gasteiger partial charge in [0.15, 0.2) is 5.11 Å². The van der Waals surface area contributed by atoms with Crippen LogP contribution in [0.25, 0.3) is 0 Å². The van der Waals surface area contributed by atoms with Crippen LogP contribution in [-0.4, -0.2) is 11.0 Å². The minimum Gasteiger partial charge on any atom is -0.332 e. The van der Waals surface area contributed by atoms with Crippen LogP contribution >= 0.6 is 12.2 Å². The molecule has 0 aliphatic carbocycles. The Balaban J connectivity index is 2.52. The van der Waals surface area contributed by atoms with Gasteiger partial charge in [-0.1, -0.05) is 13.8 Å². The first-order valence-electron chi connectivity index (χ1n) is 4.86. The Labute approximate surface area is 99.0 Å². The molecule has 0 fully saturated rings. The SMILES string of the molecule is CC(C)C(=O)NC(=S)Nc1ccc(F)cc1. The van der Waals surface area contributed by atoms with Gasteiger partial charge < -0.3 is 10.6 Å². The summed E-state index contributed by atoms with van der Waals surface area (Å²) >= 11 is 4.93. The highest BCUT2D eigenvalue weighted by molar-refractivity contribution is 7.80. The molecule has 1 aromatic carbocycles. The van der Waals surface area contributed by atoms with E-state index in [1.807, 2.05) is 0 Å². The molecule has 86 valence electrons. The van der Waals surface area contributed by atoms with Gasteiger partial charge in [-0.15, -0.1) is 0 Å². The first-order chi connectivity index (χ1) is 7.49. The Kier molecular flexibility index (Phi) is 4.37. The van der Waals surface area contributed by atoms with Crippen molar-refractivity contribution in [3.63, 3.8) is 0 Å². The normalized spacial score (nSPS) is 10.0. The molecule has 1 amide bonds. The van der Waals surface area contributed by atoms with Crippen molar-refractivity contribution in [1.82, 2.24) is 5.32 Å². The number of nitrogens with one attached hydrogen (secondary N) is 2. The number of carbonyl (C=O) groups is 1. The Bertz CT molecular complexity index is 389. The maximum atomic E-state index is 12.6. The Morgan fingerprint density at radius 1 is 1.31 bits per heavy atom. The number of carbonyl (C=O) groups excluding carboxylic acids is 1. The lowest BCUT2D eigenvalue weighted by atomic mass is 10.2. The molecule has 0 radical (unpaired) electrons. The van der Waals surface area contributed by atoms with Crippen LogP contribution in [0.4, 0.5) is 10.1 Å². The summed E-state index contributed by atoms with van der Waals surface area (Å²) in [5.74, 6) is -0.602. The van der Waals surface area contributed by atoms with Crippen molar-refractivity contribution in [2.75, 3.05) is 5.32 Å². The number of halogens is 1. The van der Waals surface area contributed by atoms with Gasteiger partial charge in [0.05, 0.1) is 0 Å². The summed E-state index contributed by atoms with van der Waals surface area (Å²) < 4.78 is 12.6. The van der Waals surface area contributed by atoms with E-state index in [-0.39, 0.29) is 22.8 Å². The van der Waals surface area contributed by atoms with Crippen molar-refractivity contribution in [1.29, 1.82) is 0 Å². The number of hydrogen-bond donors (Lipinski definition) is 2. The molecule has 2 N–H and O–H groups in total. The van der Waals surface area contributed by atoms with Crippen LogP contribution in [0.1, 0.15) is 13.8 Å². The molecule has 0 aliphatic heterocycles. The van der Waals surface area contributed by atoms with Crippen molar-refractivity contribution in [2.45, 2.75) is 13.8 Å². The summed E-state index contributed by atoms with van der Waals surface area (Å²) in [5, 5.41) is 5.53. The van der Waals surface area contributed by atoms with E-state index in [1.165, 1.54) is 12.1 Å². The van der Waals surface area contributed by atoms with Gasteiger partial charge in [-0.2, -0.15) is 0 Å². The van der Waals surface area contributed by atoms with Gasteiger partial charge in [0.1, 0.15) is 5.82 Å². The average Bonchev–Trinajstić information content (AvgIpc) is 2.21. The van der Waals surface area contributed by atoms with Crippen molar-refractivity contribution in [3.8, 4) is 0 Å². The van der Waals surface area contributed by atoms with Gasteiger partial charge >= 0.3 is 0 Å². The molecular weight excluding hydrogens is 227 g/mol. The van der Waals surface area contributed by atoms with Gasteiger partial charge in [0.25, 0.3) is 0 Å². The number of anilines is 1. The van der Waals surface area contributed by atoms with Gasteiger partial charge in [0, 0.05) is 11.6 Å². The van der Waals surface area contributed by atoms with E-state index in [2.05, 4.69) is 10.6 Å². The summed E-state index contributed by atoms with van der Waals surface area (Å²) in [6.07, 6.45) is 0. The third-order valence-corrected chi connectivity index (χ3v) is 2.07. The molecule has 0 heterocycles. The van der Waals surface area contributed by atoms with Crippen LogP contribution in [0.5, 0.6) is 0 Å². The van der Waals surface area contributed by atoms with Crippen LogP contribution in [0.3, 0.4) is 0 Å². The predicted molar refractivity (Wildman–Crippen MR) is 65.6 cm³/mol. The van der Waals surface area contributed by atoms with E-state index < -0.39 is 0 Å². The third-order valence-electron chi connectivity index (χ3n) is 1.86. The maximum absolute atomic E-state index is 12.6. The lowest BCUT2D eigenvalue weighted by Gasteiger charge is -2.10. The summed E-state index contributed by atoms with van der Waals surface area (Å²) in [4.78, 5) is 11.3. The zero-order valence-electron chi connectivity index (χ0n) is 9.08. The van der Waals surface area contributed by atoms with Crippen molar-refractivity contribution in [2.24, 2.45) is 5.92 Å². The van der Waals surface area contributed by atoms with Crippen molar-refractivity contribution < 1.29 is 9.18 Å². The minimum absolute atomic E-state index is 0.132. The molecule has 0 unspecified atom stereocenters. The van der Waals surface area contributed by atoms with Crippen LogP contribution in [0, 0.1) is 11.7 Å². The molecular formula is C11H13FN2OS. The highest BCUT2D eigenvalue weighted by Gasteiger charge is 2.08. The van der Waals surface area contributed by atoms with E-state index in [0.717, 1.165) is 0 Å². The Hall–Kier alpha value is -1.49. The minimum atomic E-state index is -0.317. The lowest BCUT2D eigenvalue weighted by molar-refractivity contribution is -0.122. The largest absolute Gasteiger partial charge is 0.332 e. The average molecular weight is 240 g/mol. The van der Waals surface area contributed by atoms with Gasteiger partial charge in [-0.05, 0) is 36.5 Å². The Morgan fingerprint density at radius 2 is 1.88 bits per heavy atom. The fraction of sp³-hybridized carbons (Fsp3) is 0.273. The zero-order chi connectivity index (χ0) is 12.1. The van der Waals surface area contributed by atoms with Crippen molar-refractivity contribution >= 4 is 28.9 Å². The second-order valence-corrected chi connectivity index (χ2v) is 4.01. The summed E-state index contributed by atoms with van der Waals surface area (Å²) in [6, 6.07) is 5.72. The standard InChI is InChI=1S/C11H13FN2OS/c1-7(2)10(15)14-11(16)13-9-5-3-8(12)4-6-9/h3-7H,1-2H3,(H2,13,14,15,16). The van der Waals surface area contributed by atoms with E-state index in [1.54, 1.807) is 26.0 Å². The second-order valence-electron chi connectivity index (χ2n) is 3.60. The van der Waals surface area contributed by atoms with Gasteiger partial charge in [-0.25, -0.2) is 4.39 Å². The van der Waals surface area contributed by atoms with Crippen LogP contribution in [0.2, 0.25) is 0 Å². The van der Waals surface area contributed by atoms with Crippen molar-refractivity contribution in [3.05, 3.63) is 30.1 Å². The monoisotopic (exact) mass is 240 g/mol. The molecule has 3 nitrogen and oxygen atoms in total. The molecule has 16 heavy (non-hydrogen) atoms. The molecule has 0 atom stereocenters. The second kappa shape index (κ2) is 5.55. The number of rotatable bonds is 2. The summed E-state index contributed by atoms with van der Waals surface area (Å²) in [5.41, 5.74) is 0.635. The number of hydrogen-bond acceptors (Lipinski definition) is 2. The fourth-order valence-electron chi connectivity index (χ4n) is 0.952. The lowest BCUT2D eigenvalue weighted by Crippen LogP contribution is -2.36. The van der Waals surface area contributed by atoms with E-state index in [0.29, 0.717) is 5.69 Å². The number of benzene rings is 1. The maximum Gasteiger partial charge on any atom is 0.228 e. The molecule has 0 spiro atoms. The molecule has 0 aliphatic rings. The molecule has 1 rings (SSSR count). The fourth-order valence-corrected chi connectivity index (χ4v) is 1.17. The van der Waals surface area contributed by atoms with Crippen LogP contribution < -0.4 is 10.6 Å². The number of thiocarbonyl (C=S) groups is 1. The first kappa shape index (κ1) is 12.6. The number of amides is 1. The van der Waals surface area contributed by atoms with Crippen LogP contribution in [0.15, 0.2) is 24.3 Å².